The molecule has 1 aliphatic rings. The summed E-state index contributed by atoms with van der Waals surface area (Å²) in [6.45, 7) is 4.00. The standard InChI is InChI=1S/C14H21N3O4S/c1-3-10-5-7-11(8-6-10)17-22(19,20)13-9-12(15-16-13)14(18)21-4-2/h5-8,12-13,15-17H,3-4,9H2,1-2H3. The summed E-state index contributed by atoms with van der Waals surface area (Å²) >= 11 is 0. The summed E-state index contributed by atoms with van der Waals surface area (Å²) in [7, 11) is -3.65. The molecule has 122 valence electrons. The minimum absolute atomic E-state index is 0.112. The van der Waals surface area contributed by atoms with E-state index < -0.39 is 27.4 Å². The molecule has 7 nitrogen and oxygen atoms in total. The Labute approximate surface area is 130 Å². The van der Waals surface area contributed by atoms with Gasteiger partial charge >= 0.3 is 5.97 Å². The highest BCUT2D eigenvalue weighted by Gasteiger charge is 2.37. The van der Waals surface area contributed by atoms with Crippen molar-refractivity contribution in [3.63, 3.8) is 0 Å². The molecule has 1 fully saturated rings. The molecular formula is C14H21N3O4S. The molecule has 0 amide bonds. The molecule has 1 aliphatic heterocycles. The first kappa shape index (κ1) is 16.7. The van der Waals surface area contributed by atoms with Gasteiger partial charge in [-0.3, -0.25) is 9.52 Å². The summed E-state index contributed by atoms with van der Waals surface area (Å²) in [4.78, 5) is 11.6. The molecule has 3 N–H and O–H groups in total. The number of hydrazine groups is 1. The fraction of sp³-hybridized carbons (Fsp3) is 0.500. The minimum Gasteiger partial charge on any atom is -0.465 e. The second-order valence-corrected chi connectivity index (χ2v) is 6.88. The maximum Gasteiger partial charge on any atom is 0.324 e. The SMILES string of the molecule is CCOC(=O)C1CC(S(=O)(=O)Nc2ccc(CC)cc2)NN1. The van der Waals surface area contributed by atoms with Gasteiger partial charge in [0.05, 0.1) is 6.61 Å². The first-order chi connectivity index (χ1) is 10.5. The number of esters is 1. The summed E-state index contributed by atoms with van der Waals surface area (Å²) in [5, 5.41) is -0.896. The molecular weight excluding hydrogens is 306 g/mol. The fourth-order valence-corrected chi connectivity index (χ4v) is 3.45. The molecule has 0 bridgehead atoms. The van der Waals surface area contributed by atoms with Crippen LogP contribution in [0.15, 0.2) is 24.3 Å². The number of aryl methyl sites for hydroxylation is 1. The molecule has 2 unspecified atom stereocenters. The molecule has 22 heavy (non-hydrogen) atoms. The monoisotopic (exact) mass is 327 g/mol. The Morgan fingerprint density at radius 2 is 1.95 bits per heavy atom. The van der Waals surface area contributed by atoms with Gasteiger partial charge in [0.2, 0.25) is 10.0 Å². The molecule has 1 aromatic carbocycles. The molecule has 0 aromatic heterocycles. The van der Waals surface area contributed by atoms with E-state index in [0.29, 0.717) is 5.69 Å². The van der Waals surface area contributed by atoms with Gasteiger partial charge in [-0.15, -0.1) is 0 Å². The second kappa shape index (κ2) is 7.08. The maximum atomic E-state index is 12.3. The van der Waals surface area contributed by atoms with Crippen LogP contribution in [0.2, 0.25) is 0 Å². The maximum absolute atomic E-state index is 12.3. The topological polar surface area (TPSA) is 96.5 Å². The quantitative estimate of drug-likeness (QED) is 0.667. The average molecular weight is 327 g/mol. The lowest BCUT2D eigenvalue weighted by atomic mass is 10.2. The van der Waals surface area contributed by atoms with E-state index in [0.717, 1.165) is 12.0 Å². The highest BCUT2D eigenvalue weighted by Crippen LogP contribution is 2.17. The molecule has 0 aliphatic carbocycles. The molecule has 1 heterocycles. The number of nitrogens with one attached hydrogen (secondary N) is 3. The van der Waals surface area contributed by atoms with Crippen LogP contribution in [0.4, 0.5) is 5.69 Å². The lowest BCUT2D eigenvalue weighted by molar-refractivity contribution is -0.145. The van der Waals surface area contributed by atoms with Crippen molar-refractivity contribution in [1.82, 2.24) is 10.9 Å². The van der Waals surface area contributed by atoms with Crippen LogP contribution >= 0.6 is 0 Å². The van der Waals surface area contributed by atoms with Gasteiger partial charge in [0.15, 0.2) is 0 Å². The van der Waals surface area contributed by atoms with E-state index in [1.54, 1.807) is 19.1 Å². The minimum atomic E-state index is -3.65. The third kappa shape index (κ3) is 3.96. The zero-order chi connectivity index (χ0) is 16.2. The third-order valence-corrected chi connectivity index (χ3v) is 5.02. The van der Waals surface area contributed by atoms with Crippen molar-refractivity contribution in [2.75, 3.05) is 11.3 Å². The van der Waals surface area contributed by atoms with Gasteiger partial charge in [0, 0.05) is 12.1 Å². The van der Waals surface area contributed by atoms with Crippen LogP contribution in [0.3, 0.4) is 0 Å². The first-order valence-corrected chi connectivity index (χ1v) is 8.79. The summed E-state index contributed by atoms with van der Waals surface area (Å²) < 4.78 is 32.0. The van der Waals surface area contributed by atoms with Crippen molar-refractivity contribution in [1.29, 1.82) is 0 Å². The number of hydrogen-bond acceptors (Lipinski definition) is 6. The van der Waals surface area contributed by atoms with E-state index in [1.165, 1.54) is 0 Å². The second-order valence-electron chi connectivity index (χ2n) is 5.02. The van der Waals surface area contributed by atoms with Gasteiger partial charge in [-0.05, 0) is 31.0 Å². The van der Waals surface area contributed by atoms with Crippen molar-refractivity contribution in [2.45, 2.75) is 38.1 Å². The molecule has 0 spiro atoms. The molecule has 0 radical (unpaired) electrons. The molecule has 1 aromatic rings. The van der Waals surface area contributed by atoms with E-state index in [-0.39, 0.29) is 13.0 Å². The van der Waals surface area contributed by atoms with Crippen LogP contribution in [-0.2, 0) is 26.0 Å². The summed E-state index contributed by atoms with van der Waals surface area (Å²) in [6, 6.07) is 6.53. The molecule has 1 saturated heterocycles. The Balaban J connectivity index is 2.00. The number of rotatable bonds is 6. The Bertz CT molecular complexity index is 615. The fourth-order valence-electron chi connectivity index (χ4n) is 2.17. The van der Waals surface area contributed by atoms with Gasteiger partial charge in [-0.1, -0.05) is 19.1 Å². The van der Waals surface area contributed by atoms with Crippen molar-refractivity contribution in [3.05, 3.63) is 29.8 Å². The first-order valence-electron chi connectivity index (χ1n) is 7.24. The summed E-state index contributed by atoms with van der Waals surface area (Å²) in [5.41, 5.74) is 6.91. The third-order valence-electron chi connectivity index (χ3n) is 3.44. The zero-order valence-corrected chi connectivity index (χ0v) is 13.4. The Kier molecular flexibility index (Phi) is 5.38. The number of ether oxygens (including phenoxy) is 1. The lowest BCUT2D eigenvalue weighted by Crippen LogP contribution is -2.41. The normalized spacial score (nSPS) is 21.5. The predicted molar refractivity (Wildman–Crippen MR) is 83.5 cm³/mol. The highest BCUT2D eigenvalue weighted by molar-refractivity contribution is 7.93. The van der Waals surface area contributed by atoms with Crippen molar-refractivity contribution < 1.29 is 17.9 Å². The van der Waals surface area contributed by atoms with Crippen LogP contribution in [-0.4, -0.2) is 32.4 Å². The predicted octanol–water partition coefficient (Wildman–Crippen LogP) is 0.746. The highest BCUT2D eigenvalue weighted by atomic mass is 32.2. The van der Waals surface area contributed by atoms with Gasteiger partial charge in [-0.25, -0.2) is 19.3 Å². The Hall–Kier alpha value is -1.64. The van der Waals surface area contributed by atoms with Crippen LogP contribution < -0.4 is 15.6 Å². The molecule has 0 saturated carbocycles. The van der Waals surface area contributed by atoms with E-state index in [1.807, 2.05) is 19.1 Å². The Morgan fingerprint density at radius 1 is 1.27 bits per heavy atom. The van der Waals surface area contributed by atoms with Crippen LogP contribution in [0.5, 0.6) is 0 Å². The van der Waals surface area contributed by atoms with Crippen molar-refractivity contribution in [3.8, 4) is 0 Å². The van der Waals surface area contributed by atoms with Crippen LogP contribution in [0, 0.1) is 0 Å². The van der Waals surface area contributed by atoms with E-state index in [2.05, 4.69) is 15.6 Å². The van der Waals surface area contributed by atoms with E-state index in [9.17, 15) is 13.2 Å². The van der Waals surface area contributed by atoms with E-state index >= 15 is 0 Å². The smallest absolute Gasteiger partial charge is 0.324 e. The van der Waals surface area contributed by atoms with E-state index in [4.69, 9.17) is 4.74 Å². The van der Waals surface area contributed by atoms with Gasteiger partial charge in [0.25, 0.3) is 0 Å². The number of anilines is 1. The molecule has 2 rings (SSSR count). The number of carbonyl (C=O) groups excluding carboxylic acids is 1. The number of carbonyl (C=O) groups is 1. The zero-order valence-electron chi connectivity index (χ0n) is 12.6. The molecule has 8 heteroatoms. The van der Waals surface area contributed by atoms with Crippen LogP contribution in [0.1, 0.15) is 25.8 Å². The summed E-state index contributed by atoms with van der Waals surface area (Å²) in [6.07, 6.45) is 1.00. The van der Waals surface area contributed by atoms with Crippen molar-refractivity contribution in [2.24, 2.45) is 0 Å². The average Bonchev–Trinajstić information content (AvgIpc) is 2.99. The summed E-state index contributed by atoms with van der Waals surface area (Å²) in [5.74, 6) is -0.458. The van der Waals surface area contributed by atoms with Gasteiger partial charge in [-0.2, -0.15) is 0 Å². The number of benzene rings is 1. The Morgan fingerprint density at radius 3 is 2.55 bits per heavy atom. The lowest BCUT2D eigenvalue weighted by Gasteiger charge is -2.13. The van der Waals surface area contributed by atoms with Gasteiger partial charge in [0.1, 0.15) is 11.4 Å². The van der Waals surface area contributed by atoms with Gasteiger partial charge < -0.3 is 4.74 Å². The molecule has 2 atom stereocenters. The van der Waals surface area contributed by atoms with Crippen LogP contribution in [0.25, 0.3) is 0 Å². The largest absolute Gasteiger partial charge is 0.465 e. The number of sulfonamides is 1. The van der Waals surface area contributed by atoms with Crippen molar-refractivity contribution >= 4 is 21.7 Å². The number of hydrogen-bond donors (Lipinski definition) is 3.